The van der Waals surface area contributed by atoms with E-state index in [4.69, 9.17) is 5.73 Å². The summed E-state index contributed by atoms with van der Waals surface area (Å²) in [6, 6.07) is 0.481. The van der Waals surface area contributed by atoms with Crippen molar-refractivity contribution in [1.29, 1.82) is 0 Å². The minimum absolute atomic E-state index is 0.178. The Morgan fingerprint density at radius 1 is 1.38 bits per heavy atom. The van der Waals surface area contributed by atoms with Gasteiger partial charge in [-0.3, -0.25) is 4.79 Å². The summed E-state index contributed by atoms with van der Waals surface area (Å²) in [4.78, 5) is 10.8. The Hall–Kier alpha value is -0.570. The molecule has 0 aliphatic rings. The minimum atomic E-state index is -0.247. The first kappa shape index (κ1) is 12.4. The Morgan fingerprint density at radius 2 is 1.85 bits per heavy atom. The van der Waals surface area contributed by atoms with Gasteiger partial charge in [0.2, 0.25) is 5.91 Å². The Labute approximate surface area is 81.1 Å². The van der Waals surface area contributed by atoms with E-state index in [9.17, 15) is 4.79 Å². The number of hydrogen-bond donors (Lipinski definition) is 2. The highest BCUT2D eigenvalue weighted by atomic mass is 16.1. The van der Waals surface area contributed by atoms with Gasteiger partial charge in [0.1, 0.15) is 0 Å². The van der Waals surface area contributed by atoms with Gasteiger partial charge in [-0.2, -0.15) is 0 Å². The molecule has 1 amide bonds. The van der Waals surface area contributed by atoms with Crippen LogP contribution in [0.25, 0.3) is 0 Å². The molecule has 3 nitrogen and oxygen atoms in total. The summed E-state index contributed by atoms with van der Waals surface area (Å²) in [7, 11) is 0. The van der Waals surface area contributed by atoms with E-state index in [1.165, 1.54) is 0 Å². The van der Waals surface area contributed by atoms with Crippen molar-refractivity contribution in [2.24, 2.45) is 5.73 Å². The van der Waals surface area contributed by atoms with Crippen molar-refractivity contribution in [1.82, 2.24) is 5.32 Å². The number of nitrogens with two attached hydrogens (primary N) is 1. The zero-order valence-electron chi connectivity index (χ0n) is 9.18. The summed E-state index contributed by atoms with van der Waals surface area (Å²) in [6.07, 6.45) is 2.56. The van der Waals surface area contributed by atoms with Gasteiger partial charge >= 0.3 is 0 Å². The number of carbonyl (C=O) groups excluding carboxylic acids is 1. The molecular weight excluding hydrogens is 164 g/mol. The first-order valence-electron chi connectivity index (χ1n) is 4.97. The van der Waals surface area contributed by atoms with Crippen molar-refractivity contribution in [2.75, 3.05) is 0 Å². The van der Waals surface area contributed by atoms with E-state index < -0.39 is 0 Å². The molecule has 0 aromatic carbocycles. The maximum Gasteiger partial charge on any atom is 0.219 e. The van der Waals surface area contributed by atoms with Crippen molar-refractivity contribution in [2.45, 2.75) is 58.5 Å². The molecule has 0 saturated carbocycles. The predicted octanol–water partition coefficient (Wildman–Crippen LogP) is 1.42. The molecule has 0 spiro atoms. The molecule has 78 valence electrons. The highest BCUT2D eigenvalue weighted by Gasteiger charge is 2.22. The van der Waals surface area contributed by atoms with E-state index in [1.54, 1.807) is 0 Å². The second kappa shape index (κ2) is 5.22. The zero-order valence-corrected chi connectivity index (χ0v) is 9.18. The normalized spacial score (nSPS) is 12.1. The molecule has 0 fully saturated rings. The summed E-state index contributed by atoms with van der Waals surface area (Å²) >= 11 is 0. The molecule has 0 aliphatic carbocycles. The second-order valence-corrected chi connectivity index (χ2v) is 4.18. The topological polar surface area (TPSA) is 55.1 Å². The summed E-state index contributed by atoms with van der Waals surface area (Å²) in [5.41, 5.74) is 4.98. The van der Waals surface area contributed by atoms with Crippen LogP contribution in [0.4, 0.5) is 0 Å². The maximum atomic E-state index is 10.8. The molecule has 0 atom stereocenters. The average molecular weight is 186 g/mol. The van der Waals surface area contributed by atoms with Crippen LogP contribution in [0.1, 0.15) is 47.0 Å². The van der Waals surface area contributed by atoms with Crippen molar-refractivity contribution in [3.63, 3.8) is 0 Å². The number of amides is 1. The Bertz CT molecular complexity index is 162. The smallest absolute Gasteiger partial charge is 0.219 e. The van der Waals surface area contributed by atoms with E-state index in [2.05, 4.69) is 19.2 Å². The molecule has 0 aromatic rings. The number of rotatable bonds is 6. The fourth-order valence-corrected chi connectivity index (χ4v) is 1.53. The van der Waals surface area contributed by atoms with Crippen molar-refractivity contribution < 1.29 is 4.79 Å². The highest BCUT2D eigenvalue weighted by molar-refractivity contribution is 5.75. The lowest BCUT2D eigenvalue weighted by molar-refractivity contribution is -0.119. The summed E-state index contributed by atoms with van der Waals surface area (Å²) in [6.45, 7) is 8.30. The van der Waals surface area contributed by atoms with Gasteiger partial charge in [-0.05, 0) is 26.7 Å². The molecular formula is C10H22N2O. The number of primary amides is 1. The monoisotopic (exact) mass is 186 g/mol. The van der Waals surface area contributed by atoms with E-state index in [-0.39, 0.29) is 11.4 Å². The molecule has 13 heavy (non-hydrogen) atoms. The Kier molecular flexibility index (Phi) is 4.99. The maximum absolute atomic E-state index is 10.8. The molecule has 0 aliphatic heterocycles. The van der Waals surface area contributed by atoms with E-state index in [0.29, 0.717) is 12.5 Å². The van der Waals surface area contributed by atoms with Gasteiger partial charge < -0.3 is 11.1 Å². The second-order valence-electron chi connectivity index (χ2n) is 4.18. The third-order valence-corrected chi connectivity index (χ3v) is 2.20. The Morgan fingerprint density at radius 3 is 2.15 bits per heavy atom. The lowest BCUT2D eigenvalue weighted by atomic mass is 9.97. The molecule has 3 heteroatoms. The van der Waals surface area contributed by atoms with Crippen LogP contribution in [0.15, 0.2) is 0 Å². The van der Waals surface area contributed by atoms with Crippen LogP contribution in [-0.2, 0) is 4.79 Å². The predicted molar refractivity (Wildman–Crippen MR) is 55.4 cm³/mol. The van der Waals surface area contributed by atoms with Crippen LogP contribution in [-0.4, -0.2) is 17.5 Å². The summed E-state index contributed by atoms with van der Waals surface area (Å²) < 4.78 is 0. The molecule has 0 radical (unpaired) electrons. The van der Waals surface area contributed by atoms with Gasteiger partial charge in [-0.15, -0.1) is 0 Å². The molecule has 0 aromatic heterocycles. The molecule has 3 N–H and O–H groups in total. The number of nitrogens with one attached hydrogen (secondary N) is 1. The number of hydrogen-bond acceptors (Lipinski definition) is 2. The Balaban J connectivity index is 4.05. The van der Waals surface area contributed by atoms with Gasteiger partial charge in [-0.25, -0.2) is 0 Å². The van der Waals surface area contributed by atoms with E-state index >= 15 is 0 Å². The van der Waals surface area contributed by atoms with Crippen LogP contribution in [0.2, 0.25) is 0 Å². The van der Waals surface area contributed by atoms with E-state index in [1.807, 2.05) is 13.8 Å². The first-order valence-corrected chi connectivity index (χ1v) is 4.97. The largest absolute Gasteiger partial charge is 0.370 e. The lowest BCUT2D eigenvalue weighted by Crippen LogP contribution is -2.47. The van der Waals surface area contributed by atoms with Crippen LogP contribution in [0, 0.1) is 0 Å². The third-order valence-electron chi connectivity index (χ3n) is 2.20. The van der Waals surface area contributed by atoms with Gasteiger partial charge in [0.05, 0.1) is 0 Å². The van der Waals surface area contributed by atoms with E-state index in [0.717, 1.165) is 12.8 Å². The fraction of sp³-hybridized carbons (Fsp3) is 0.900. The van der Waals surface area contributed by atoms with Crippen molar-refractivity contribution >= 4 is 5.91 Å². The van der Waals surface area contributed by atoms with Gasteiger partial charge in [-0.1, -0.05) is 13.8 Å². The van der Waals surface area contributed by atoms with Crippen LogP contribution in [0.3, 0.4) is 0 Å². The minimum Gasteiger partial charge on any atom is -0.370 e. The third kappa shape index (κ3) is 5.64. The fourth-order valence-electron chi connectivity index (χ4n) is 1.53. The van der Waals surface area contributed by atoms with Crippen LogP contribution >= 0.6 is 0 Å². The SMILES string of the molecule is CCC(CC)NC(C)(C)CC(N)=O. The van der Waals surface area contributed by atoms with Crippen LogP contribution in [0.5, 0.6) is 0 Å². The molecule has 0 saturated heterocycles. The molecule has 0 bridgehead atoms. The van der Waals surface area contributed by atoms with Gasteiger partial charge in [0.25, 0.3) is 0 Å². The molecule has 0 heterocycles. The molecule has 0 rings (SSSR count). The first-order chi connectivity index (χ1) is 5.91. The van der Waals surface area contributed by atoms with Gasteiger partial charge in [0, 0.05) is 18.0 Å². The summed E-state index contributed by atoms with van der Waals surface area (Å²) in [5.74, 6) is -0.247. The standard InChI is InChI=1S/C10H22N2O/c1-5-8(6-2)12-10(3,4)7-9(11)13/h8,12H,5-7H2,1-4H3,(H2,11,13). The molecule has 0 unspecified atom stereocenters. The van der Waals surface area contributed by atoms with Crippen molar-refractivity contribution in [3.05, 3.63) is 0 Å². The lowest BCUT2D eigenvalue weighted by Gasteiger charge is -2.30. The van der Waals surface area contributed by atoms with Crippen molar-refractivity contribution in [3.8, 4) is 0 Å². The quantitative estimate of drug-likeness (QED) is 0.659. The average Bonchev–Trinajstić information content (AvgIpc) is 1.97. The summed E-state index contributed by atoms with van der Waals surface area (Å²) in [5, 5.41) is 3.42. The van der Waals surface area contributed by atoms with Crippen LogP contribution < -0.4 is 11.1 Å². The highest BCUT2D eigenvalue weighted by Crippen LogP contribution is 2.11. The van der Waals surface area contributed by atoms with Gasteiger partial charge in [0.15, 0.2) is 0 Å². The zero-order chi connectivity index (χ0) is 10.5. The number of carbonyl (C=O) groups is 1.